The molecule has 1 rings (SSSR count). The molecule has 0 saturated carbocycles. The number of nitrogens with one attached hydrogen (secondary N) is 1. The average Bonchev–Trinajstić information content (AvgIpc) is 3.02. The van der Waals surface area contributed by atoms with E-state index in [9.17, 15) is 0 Å². The Balaban J connectivity index is 0.00000254. The predicted octanol–water partition coefficient (Wildman–Crippen LogP) is 1.79. The Morgan fingerprint density at radius 2 is 1.71 bits per heavy atom. The van der Waals surface area contributed by atoms with E-state index in [2.05, 4.69) is 15.6 Å². The highest BCUT2D eigenvalue weighted by Gasteiger charge is 1.96. The molecule has 0 spiro atoms. The van der Waals surface area contributed by atoms with Gasteiger partial charge in [-0.05, 0) is 26.3 Å². The maximum Gasteiger partial charge on any atom is 0.0796 e. The van der Waals surface area contributed by atoms with E-state index in [4.69, 9.17) is 14.6 Å². The Hall–Kier alpha value is -1.02. The van der Waals surface area contributed by atoms with E-state index in [1.807, 2.05) is 27.0 Å². The second-order valence-corrected chi connectivity index (χ2v) is 5.24. The lowest BCUT2D eigenvalue weighted by Crippen LogP contribution is -2.21. The number of aliphatic hydroxyl groups excluding tert-OH is 1. The molecule has 0 atom stereocenters. The van der Waals surface area contributed by atoms with Gasteiger partial charge in [0.15, 0.2) is 0 Å². The molecule has 0 radical (unpaired) electrons. The summed E-state index contributed by atoms with van der Waals surface area (Å²) in [6.07, 6.45) is 6.26. The van der Waals surface area contributed by atoms with E-state index in [0.29, 0.717) is 33.0 Å². The van der Waals surface area contributed by atoms with Crippen molar-refractivity contribution >= 4 is 0 Å². The van der Waals surface area contributed by atoms with Gasteiger partial charge in [0.2, 0.25) is 0 Å². The van der Waals surface area contributed by atoms with Crippen LogP contribution in [0.3, 0.4) is 0 Å². The largest absolute Gasteiger partial charge is 0.396 e. The van der Waals surface area contributed by atoms with Gasteiger partial charge >= 0.3 is 0 Å². The van der Waals surface area contributed by atoms with Gasteiger partial charge in [-0.3, -0.25) is 0 Å². The highest BCUT2D eigenvalue weighted by molar-refractivity contribution is 4.86. The van der Waals surface area contributed by atoms with Crippen LogP contribution in [-0.4, -0.2) is 66.2 Å². The standard InChI is InChI=1S/C15H30N4O3.C2H6/c1-15-14-19(18-17-15)8-11-22-13-12-21-10-7-16-6-4-2-3-5-9-20;1-2/h14,16,20H,2-13H2,1H3;1-2H3. The van der Waals surface area contributed by atoms with Crippen LogP contribution in [-0.2, 0) is 16.0 Å². The molecule has 0 fully saturated rings. The fourth-order valence-corrected chi connectivity index (χ4v) is 1.97. The van der Waals surface area contributed by atoms with Crippen molar-refractivity contribution in [3.05, 3.63) is 11.9 Å². The molecule has 7 heteroatoms. The molecule has 1 aromatic heterocycles. The summed E-state index contributed by atoms with van der Waals surface area (Å²) < 4.78 is 12.7. The van der Waals surface area contributed by atoms with Crippen molar-refractivity contribution in [2.24, 2.45) is 0 Å². The van der Waals surface area contributed by atoms with Crippen molar-refractivity contribution in [1.82, 2.24) is 20.3 Å². The van der Waals surface area contributed by atoms with Crippen molar-refractivity contribution in [2.75, 3.05) is 46.1 Å². The molecule has 1 aromatic rings. The zero-order chi connectivity index (χ0) is 17.9. The zero-order valence-electron chi connectivity index (χ0n) is 15.7. The number of ether oxygens (including phenoxy) is 2. The van der Waals surface area contributed by atoms with Crippen LogP contribution in [0.1, 0.15) is 45.2 Å². The molecular formula is C17H36N4O3. The number of hydrogen-bond donors (Lipinski definition) is 2. The average molecular weight is 345 g/mol. The van der Waals surface area contributed by atoms with Crippen LogP contribution in [0.2, 0.25) is 0 Å². The van der Waals surface area contributed by atoms with E-state index >= 15 is 0 Å². The van der Waals surface area contributed by atoms with Gasteiger partial charge in [0.05, 0.1) is 38.7 Å². The van der Waals surface area contributed by atoms with Gasteiger partial charge in [0.25, 0.3) is 0 Å². The fraction of sp³-hybridized carbons (Fsp3) is 0.882. The Morgan fingerprint density at radius 3 is 2.38 bits per heavy atom. The molecular weight excluding hydrogens is 308 g/mol. The molecule has 0 bridgehead atoms. The van der Waals surface area contributed by atoms with Crippen LogP contribution in [0, 0.1) is 6.92 Å². The molecule has 24 heavy (non-hydrogen) atoms. The molecule has 7 nitrogen and oxygen atoms in total. The molecule has 2 N–H and O–H groups in total. The molecule has 142 valence electrons. The maximum atomic E-state index is 8.65. The molecule has 0 aromatic carbocycles. The fourth-order valence-electron chi connectivity index (χ4n) is 1.97. The van der Waals surface area contributed by atoms with Crippen LogP contribution in [0.25, 0.3) is 0 Å². The van der Waals surface area contributed by atoms with Gasteiger partial charge in [0, 0.05) is 19.3 Å². The summed E-state index contributed by atoms with van der Waals surface area (Å²) in [7, 11) is 0. The number of aromatic nitrogens is 3. The molecule has 1 heterocycles. The van der Waals surface area contributed by atoms with Gasteiger partial charge in [-0.1, -0.05) is 31.9 Å². The normalized spacial score (nSPS) is 10.5. The molecule has 0 amide bonds. The first-order valence-electron chi connectivity index (χ1n) is 9.16. The summed E-state index contributed by atoms with van der Waals surface area (Å²) in [5.41, 5.74) is 0.921. The van der Waals surface area contributed by atoms with Crippen molar-refractivity contribution in [3.8, 4) is 0 Å². The Labute approximate surface area is 146 Å². The quantitative estimate of drug-likeness (QED) is 0.472. The molecule has 0 unspecified atom stereocenters. The molecule has 0 aliphatic heterocycles. The molecule has 0 aliphatic carbocycles. The van der Waals surface area contributed by atoms with E-state index in [1.165, 1.54) is 6.42 Å². The Bertz CT molecular complexity index is 361. The van der Waals surface area contributed by atoms with Gasteiger partial charge in [-0.15, -0.1) is 5.10 Å². The second-order valence-electron chi connectivity index (χ2n) is 5.24. The SMILES string of the molecule is CC.Cc1cn(CCOCCOCCNCCCCCCO)nn1. The number of aliphatic hydroxyl groups is 1. The third-order valence-electron chi connectivity index (χ3n) is 3.17. The molecule has 0 saturated heterocycles. The van der Waals surface area contributed by atoms with Gasteiger partial charge in [-0.25, -0.2) is 4.68 Å². The summed E-state index contributed by atoms with van der Waals surface area (Å²) >= 11 is 0. The van der Waals surface area contributed by atoms with Gasteiger partial charge in [-0.2, -0.15) is 0 Å². The Morgan fingerprint density at radius 1 is 1.00 bits per heavy atom. The topological polar surface area (TPSA) is 81.4 Å². The van der Waals surface area contributed by atoms with E-state index in [1.54, 1.807) is 4.68 Å². The van der Waals surface area contributed by atoms with Crippen LogP contribution in [0.5, 0.6) is 0 Å². The highest BCUT2D eigenvalue weighted by atomic mass is 16.5. The van der Waals surface area contributed by atoms with Crippen LogP contribution < -0.4 is 5.32 Å². The third kappa shape index (κ3) is 14.6. The predicted molar refractivity (Wildman–Crippen MR) is 96.2 cm³/mol. The summed E-state index contributed by atoms with van der Waals surface area (Å²) in [4.78, 5) is 0. The summed E-state index contributed by atoms with van der Waals surface area (Å²) in [5.74, 6) is 0. The van der Waals surface area contributed by atoms with E-state index in [0.717, 1.165) is 44.6 Å². The van der Waals surface area contributed by atoms with Crippen LogP contribution >= 0.6 is 0 Å². The Kier molecular flexibility index (Phi) is 17.5. The van der Waals surface area contributed by atoms with E-state index in [-0.39, 0.29) is 0 Å². The van der Waals surface area contributed by atoms with Crippen molar-refractivity contribution < 1.29 is 14.6 Å². The van der Waals surface area contributed by atoms with Crippen molar-refractivity contribution in [3.63, 3.8) is 0 Å². The van der Waals surface area contributed by atoms with Gasteiger partial charge < -0.3 is 19.9 Å². The summed E-state index contributed by atoms with van der Waals surface area (Å²) in [6, 6.07) is 0. The maximum absolute atomic E-state index is 8.65. The number of nitrogens with zero attached hydrogens (tertiary/aromatic N) is 3. The minimum Gasteiger partial charge on any atom is -0.396 e. The van der Waals surface area contributed by atoms with Crippen LogP contribution in [0.4, 0.5) is 0 Å². The zero-order valence-corrected chi connectivity index (χ0v) is 15.7. The summed E-state index contributed by atoms with van der Waals surface area (Å²) in [6.45, 7) is 11.4. The molecule has 0 aliphatic rings. The number of unbranched alkanes of at least 4 members (excludes halogenated alkanes) is 3. The lowest BCUT2D eigenvalue weighted by atomic mass is 10.2. The summed E-state index contributed by atoms with van der Waals surface area (Å²) in [5, 5.41) is 19.9. The minimum atomic E-state index is 0.307. The highest BCUT2D eigenvalue weighted by Crippen LogP contribution is 1.97. The van der Waals surface area contributed by atoms with Gasteiger partial charge in [0.1, 0.15) is 0 Å². The lowest BCUT2D eigenvalue weighted by molar-refractivity contribution is 0.0449. The third-order valence-corrected chi connectivity index (χ3v) is 3.17. The lowest BCUT2D eigenvalue weighted by Gasteiger charge is -2.07. The minimum absolute atomic E-state index is 0.307. The van der Waals surface area contributed by atoms with Crippen LogP contribution in [0.15, 0.2) is 6.20 Å². The smallest absolute Gasteiger partial charge is 0.0796 e. The monoisotopic (exact) mass is 344 g/mol. The number of hydrogen-bond acceptors (Lipinski definition) is 6. The number of rotatable bonds is 15. The van der Waals surface area contributed by atoms with Crippen molar-refractivity contribution in [1.29, 1.82) is 0 Å². The second kappa shape index (κ2) is 18.3. The van der Waals surface area contributed by atoms with E-state index < -0.39 is 0 Å². The first kappa shape index (κ1) is 23.0. The van der Waals surface area contributed by atoms with Crippen molar-refractivity contribution in [2.45, 2.75) is 53.0 Å². The number of aryl methyl sites for hydroxylation is 1. The first-order valence-corrected chi connectivity index (χ1v) is 9.16. The first-order chi connectivity index (χ1) is 11.8.